The Kier molecular flexibility index (Phi) is 6.13. The van der Waals surface area contributed by atoms with Gasteiger partial charge in [0.25, 0.3) is 11.5 Å². The van der Waals surface area contributed by atoms with Gasteiger partial charge in [-0.15, -0.1) is 0 Å². The summed E-state index contributed by atoms with van der Waals surface area (Å²) in [7, 11) is 1.46. The molecule has 25 heavy (non-hydrogen) atoms. The number of hydrogen-bond acceptors (Lipinski definition) is 5. The van der Waals surface area contributed by atoms with Crippen LogP contribution in [0.5, 0.6) is 0 Å². The number of carbonyl (C=O) groups is 1. The first kappa shape index (κ1) is 18.9. The van der Waals surface area contributed by atoms with E-state index in [1.54, 1.807) is 6.92 Å². The number of aromatic nitrogens is 1. The third kappa shape index (κ3) is 4.36. The van der Waals surface area contributed by atoms with Crippen molar-refractivity contribution in [3.8, 4) is 0 Å². The van der Waals surface area contributed by atoms with Gasteiger partial charge in [-0.2, -0.15) is 0 Å². The van der Waals surface area contributed by atoms with Gasteiger partial charge in [0.2, 0.25) is 0 Å². The maximum Gasteiger partial charge on any atom is 0.278 e. The molecule has 0 aliphatic heterocycles. The lowest BCUT2D eigenvalue weighted by Gasteiger charge is -2.17. The molecule has 0 atom stereocenters. The molecule has 1 amide bonds. The number of carbonyl (C=O) groups excluding carboxylic acids is 1. The van der Waals surface area contributed by atoms with Gasteiger partial charge in [0, 0.05) is 17.6 Å². The van der Waals surface area contributed by atoms with Gasteiger partial charge in [0.15, 0.2) is 0 Å². The number of pyridine rings is 1. The molecular weight excluding hydrogens is 353 g/mol. The molecule has 9 heteroatoms. The highest BCUT2D eigenvalue weighted by Crippen LogP contribution is 2.24. The van der Waals surface area contributed by atoms with Gasteiger partial charge in [0.05, 0.1) is 24.5 Å². The second-order valence-corrected chi connectivity index (χ2v) is 5.64. The van der Waals surface area contributed by atoms with E-state index in [2.05, 4.69) is 10.8 Å². The molecular formula is C16H17ClFN3O4. The molecule has 0 unspecified atom stereocenters. The Morgan fingerprint density at radius 2 is 2.12 bits per heavy atom. The maximum absolute atomic E-state index is 14.0. The fraction of sp³-hybridized carbons (Fsp3) is 0.250. The van der Waals surface area contributed by atoms with Crippen LogP contribution in [-0.4, -0.2) is 28.8 Å². The molecule has 0 aliphatic rings. The lowest BCUT2D eigenvalue weighted by Crippen LogP contribution is -2.30. The quantitative estimate of drug-likeness (QED) is 0.534. The Hall–Kier alpha value is -2.42. The van der Waals surface area contributed by atoms with Crippen LogP contribution in [0, 0.1) is 12.7 Å². The van der Waals surface area contributed by atoms with E-state index in [1.807, 2.05) is 0 Å². The van der Waals surface area contributed by atoms with Crippen molar-refractivity contribution in [2.45, 2.75) is 6.92 Å². The number of aliphatic hydroxyl groups is 1. The minimum absolute atomic E-state index is 0.0496. The summed E-state index contributed by atoms with van der Waals surface area (Å²) in [5.74, 6) is -1.20. The number of aryl methyl sites for hydroxylation is 1. The van der Waals surface area contributed by atoms with Gasteiger partial charge in [-0.25, -0.2) is 9.87 Å². The number of nitrogens with one attached hydrogen (secondary N) is 2. The zero-order valence-electron chi connectivity index (χ0n) is 13.6. The highest BCUT2D eigenvalue weighted by atomic mass is 35.5. The Morgan fingerprint density at radius 1 is 1.40 bits per heavy atom. The summed E-state index contributed by atoms with van der Waals surface area (Å²) in [5, 5.41) is 11.6. The van der Waals surface area contributed by atoms with E-state index in [1.165, 1.54) is 29.8 Å². The van der Waals surface area contributed by atoms with Crippen LogP contribution < -0.4 is 16.4 Å². The summed E-state index contributed by atoms with van der Waals surface area (Å²) in [6, 6.07) is 5.35. The molecule has 0 spiro atoms. The van der Waals surface area contributed by atoms with Crippen molar-refractivity contribution in [2.75, 3.05) is 18.5 Å². The Labute approximate surface area is 147 Å². The van der Waals surface area contributed by atoms with Crippen LogP contribution in [0.2, 0.25) is 5.02 Å². The highest BCUT2D eigenvalue weighted by molar-refractivity contribution is 6.30. The van der Waals surface area contributed by atoms with E-state index in [4.69, 9.17) is 21.5 Å². The molecule has 2 aromatic rings. The number of amides is 1. The average Bonchev–Trinajstić information content (AvgIpc) is 2.57. The number of anilines is 2. The minimum Gasteiger partial charge on any atom is -0.394 e. The Morgan fingerprint density at radius 3 is 2.76 bits per heavy atom. The van der Waals surface area contributed by atoms with Crippen molar-refractivity contribution in [3.05, 3.63) is 56.6 Å². The molecule has 1 aromatic carbocycles. The minimum atomic E-state index is -0.649. The third-order valence-corrected chi connectivity index (χ3v) is 3.62. The summed E-state index contributed by atoms with van der Waals surface area (Å²) in [6.45, 7) is 1.19. The predicted molar refractivity (Wildman–Crippen MR) is 91.6 cm³/mol. The van der Waals surface area contributed by atoms with Crippen LogP contribution in [0.15, 0.2) is 29.1 Å². The number of rotatable bonds is 6. The summed E-state index contributed by atoms with van der Waals surface area (Å²) in [6.07, 6.45) is 0. The first-order valence-electron chi connectivity index (χ1n) is 7.31. The number of aliphatic hydroxyl groups excluding tert-OH is 1. The molecule has 0 saturated carbocycles. The van der Waals surface area contributed by atoms with Crippen LogP contribution in [-0.2, 0) is 11.9 Å². The first-order valence-corrected chi connectivity index (χ1v) is 7.68. The molecule has 0 fully saturated rings. The standard InChI is InChI=1S/C16H17ClFN3O4/c1-9-7-11(15(23)20-25-6-5-22)14(21(2)16(9)24)19-13-4-3-10(17)8-12(13)18/h3-4,7-8,19,22H,5-6H2,1-2H3,(H,20,23). The summed E-state index contributed by atoms with van der Waals surface area (Å²) < 4.78 is 15.2. The fourth-order valence-electron chi connectivity index (χ4n) is 2.15. The van der Waals surface area contributed by atoms with E-state index in [0.29, 0.717) is 5.56 Å². The van der Waals surface area contributed by atoms with E-state index >= 15 is 0 Å². The van der Waals surface area contributed by atoms with E-state index in [9.17, 15) is 14.0 Å². The third-order valence-electron chi connectivity index (χ3n) is 3.38. The number of halogens is 2. The Bertz CT molecular complexity index is 854. The normalized spacial score (nSPS) is 10.6. The molecule has 134 valence electrons. The van der Waals surface area contributed by atoms with Gasteiger partial charge in [-0.1, -0.05) is 11.6 Å². The topological polar surface area (TPSA) is 92.6 Å². The van der Waals surface area contributed by atoms with Crippen molar-refractivity contribution in [1.82, 2.24) is 10.0 Å². The second kappa shape index (κ2) is 8.11. The van der Waals surface area contributed by atoms with Crippen molar-refractivity contribution in [2.24, 2.45) is 7.05 Å². The SMILES string of the molecule is Cc1cc(C(=O)NOCCO)c(Nc2ccc(Cl)cc2F)n(C)c1=O. The average molecular weight is 370 g/mol. The number of benzene rings is 1. The van der Waals surface area contributed by atoms with Gasteiger partial charge in [-0.3, -0.25) is 19.0 Å². The van der Waals surface area contributed by atoms with Gasteiger partial charge >= 0.3 is 0 Å². The molecule has 0 saturated heterocycles. The lowest BCUT2D eigenvalue weighted by atomic mass is 10.1. The number of nitrogens with zero attached hydrogens (tertiary/aromatic N) is 1. The zero-order valence-corrected chi connectivity index (χ0v) is 14.4. The summed E-state index contributed by atoms with van der Waals surface area (Å²) in [4.78, 5) is 29.3. The molecule has 2 rings (SSSR count). The van der Waals surface area contributed by atoms with Crippen LogP contribution in [0.1, 0.15) is 15.9 Å². The predicted octanol–water partition coefficient (Wildman–Crippen LogP) is 1.88. The summed E-state index contributed by atoms with van der Waals surface area (Å²) >= 11 is 5.73. The van der Waals surface area contributed by atoms with Crippen LogP contribution in [0.3, 0.4) is 0 Å². The fourth-order valence-corrected chi connectivity index (χ4v) is 2.31. The molecule has 0 aliphatic carbocycles. The van der Waals surface area contributed by atoms with Crippen LogP contribution in [0.4, 0.5) is 15.9 Å². The van der Waals surface area contributed by atoms with Crippen molar-refractivity contribution in [1.29, 1.82) is 0 Å². The first-order chi connectivity index (χ1) is 11.8. The van der Waals surface area contributed by atoms with Gasteiger partial charge in [0.1, 0.15) is 11.6 Å². The molecule has 3 N–H and O–H groups in total. The molecule has 1 heterocycles. The second-order valence-electron chi connectivity index (χ2n) is 5.21. The van der Waals surface area contributed by atoms with Crippen LogP contribution in [0.25, 0.3) is 0 Å². The van der Waals surface area contributed by atoms with E-state index < -0.39 is 11.7 Å². The molecule has 0 bridgehead atoms. The molecule has 0 radical (unpaired) electrons. The number of hydroxylamine groups is 1. The molecule has 1 aromatic heterocycles. The highest BCUT2D eigenvalue weighted by Gasteiger charge is 2.18. The largest absolute Gasteiger partial charge is 0.394 e. The maximum atomic E-state index is 14.0. The van der Waals surface area contributed by atoms with E-state index in [-0.39, 0.29) is 40.9 Å². The van der Waals surface area contributed by atoms with Gasteiger partial charge in [-0.05, 0) is 31.2 Å². The number of hydrogen-bond donors (Lipinski definition) is 3. The van der Waals surface area contributed by atoms with Crippen molar-refractivity contribution in [3.63, 3.8) is 0 Å². The lowest BCUT2D eigenvalue weighted by molar-refractivity contribution is 0.0168. The van der Waals surface area contributed by atoms with E-state index in [0.717, 1.165) is 6.07 Å². The van der Waals surface area contributed by atoms with Crippen molar-refractivity contribution >= 4 is 29.0 Å². The molecule has 7 nitrogen and oxygen atoms in total. The summed E-state index contributed by atoms with van der Waals surface area (Å²) in [5.41, 5.74) is 2.27. The monoisotopic (exact) mass is 369 g/mol. The smallest absolute Gasteiger partial charge is 0.278 e. The zero-order chi connectivity index (χ0) is 18.6. The van der Waals surface area contributed by atoms with Crippen LogP contribution >= 0.6 is 11.6 Å². The Balaban J connectivity index is 2.45. The van der Waals surface area contributed by atoms with Crippen molar-refractivity contribution < 1.29 is 19.1 Å². The van der Waals surface area contributed by atoms with Gasteiger partial charge < -0.3 is 10.4 Å².